The van der Waals surface area contributed by atoms with Gasteiger partial charge in [-0.15, -0.1) is 0 Å². The zero-order valence-corrected chi connectivity index (χ0v) is 15.2. The van der Waals surface area contributed by atoms with Crippen molar-refractivity contribution in [3.05, 3.63) is 65.2 Å². The minimum Gasteiger partial charge on any atom is -0.493 e. The molecule has 138 valence electrons. The molecule has 2 aliphatic heterocycles. The van der Waals surface area contributed by atoms with Gasteiger partial charge in [0, 0.05) is 12.8 Å². The fraction of sp³-hybridized carbons (Fsp3) is 0.286. The van der Waals surface area contributed by atoms with E-state index in [0.717, 1.165) is 47.7 Å². The van der Waals surface area contributed by atoms with Gasteiger partial charge in [-0.25, -0.2) is 5.01 Å². The molecule has 0 bridgehead atoms. The largest absolute Gasteiger partial charge is 0.493 e. The number of benzene rings is 2. The highest BCUT2D eigenvalue weighted by Gasteiger charge is 2.22. The summed E-state index contributed by atoms with van der Waals surface area (Å²) in [5.41, 5.74) is 4.84. The van der Waals surface area contributed by atoms with E-state index in [0.29, 0.717) is 6.54 Å². The summed E-state index contributed by atoms with van der Waals surface area (Å²) in [4.78, 5) is 17.6. The van der Waals surface area contributed by atoms with Crippen molar-refractivity contribution in [2.45, 2.75) is 19.8 Å². The zero-order chi connectivity index (χ0) is 18.6. The van der Waals surface area contributed by atoms with Gasteiger partial charge in [0.2, 0.25) is 0 Å². The lowest BCUT2D eigenvalue weighted by atomic mass is 10.1. The Kier molecular flexibility index (Phi) is 4.87. The minimum absolute atomic E-state index is 0.128. The van der Waals surface area contributed by atoms with Crippen molar-refractivity contribution >= 4 is 17.3 Å². The molecule has 0 aliphatic carbocycles. The summed E-state index contributed by atoms with van der Waals surface area (Å²) in [5, 5.41) is 9.96. The summed E-state index contributed by atoms with van der Waals surface area (Å²) < 4.78 is 5.51. The number of oxime groups is 1. The first kappa shape index (κ1) is 17.3. The molecule has 0 radical (unpaired) electrons. The number of rotatable bonds is 5. The lowest BCUT2D eigenvalue weighted by Gasteiger charge is -2.10. The summed E-state index contributed by atoms with van der Waals surface area (Å²) in [6.45, 7) is 3.03. The van der Waals surface area contributed by atoms with E-state index in [1.165, 1.54) is 10.6 Å². The topological polar surface area (TPSA) is 63.5 Å². The molecule has 0 spiro atoms. The molecule has 0 N–H and O–H groups in total. The number of hydrogen-bond acceptors (Lipinski definition) is 5. The van der Waals surface area contributed by atoms with E-state index >= 15 is 0 Å². The summed E-state index contributed by atoms with van der Waals surface area (Å²) >= 11 is 0. The molecule has 0 aromatic heterocycles. The predicted molar refractivity (Wildman–Crippen MR) is 103 cm³/mol. The van der Waals surface area contributed by atoms with Crippen molar-refractivity contribution in [2.24, 2.45) is 10.3 Å². The summed E-state index contributed by atoms with van der Waals surface area (Å²) in [5.74, 6) is 0.739. The Morgan fingerprint density at radius 2 is 2.07 bits per heavy atom. The molecule has 2 aliphatic rings. The Labute approximate surface area is 158 Å². The van der Waals surface area contributed by atoms with Crippen LogP contribution in [0, 0.1) is 0 Å². The SMILES string of the molecule is CC(=NOCC(=O)N1CCC(c2ccccc2)=N1)c1ccc2c(c1)CCO2. The van der Waals surface area contributed by atoms with E-state index in [9.17, 15) is 4.79 Å². The van der Waals surface area contributed by atoms with Gasteiger partial charge in [-0.2, -0.15) is 5.10 Å². The van der Waals surface area contributed by atoms with E-state index < -0.39 is 0 Å². The summed E-state index contributed by atoms with van der Waals surface area (Å²) in [6.07, 6.45) is 1.65. The maximum absolute atomic E-state index is 12.3. The first-order valence-corrected chi connectivity index (χ1v) is 9.06. The number of ether oxygens (including phenoxy) is 1. The second-order valence-corrected chi connectivity index (χ2v) is 6.55. The van der Waals surface area contributed by atoms with Crippen LogP contribution in [0.1, 0.15) is 30.0 Å². The van der Waals surface area contributed by atoms with Crippen molar-refractivity contribution in [1.82, 2.24) is 5.01 Å². The zero-order valence-electron chi connectivity index (χ0n) is 15.2. The highest BCUT2D eigenvalue weighted by Crippen LogP contribution is 2.26. The van der Waals surface area contributed by atoms with Crippen LogP contribution in [0.2, 0.25) is 0 Å². The van der Waals surface area contributed by atoms with Gasteiger partial charge in [-0.05, 0) is 41.8 Å². The molecule has 0 fully saturated rings. The molecule has 6 heteroatoms. The third kappa shape index (κ3) is 3.84. The molecule has 0 atom stereocenters. The van der Waals surface area contributed by atoms with E-state index in [1.807, 2.05) is 49.4 Å². The van der Waals surface area contributed by atoms with Gasteiger partial charge in [-0.1, -0.05) is 35.5 Å². The van der Waals surface area contributed by atoms with E-state index in [1.54, 1.807) is 0 Å². The molecule has 2 aromatic rings. The molecule has 0 saturated heterocycles. The smallest absolute Gasteiger partial charge is 0.283 e. The van der Waals surface area contributed by atoms with Crippen LogP contribution in [0.3, 0.4) is 0 Å². The van der Waals surface area contributed by atoms with Gasteiger partial charge in [0.1, 0.15) is 5.75 Å². The number of nitrogens with zero attached hydrogens (tertiary/aromatic N) is 3. The van der Waals surface area contributed by atoms with Gasteiger partial charge in [0.15, 0.2) is 6.61 Å². The van der Waals surface area contributed by atoms with Gasteiger partial charge >= 0.3 is 0 Å². The molecular formula is C21H21N3O3. The molecule has 1 amide bonds. The van der Waals surface area contributed by atoms with Crippen LogP contribution in [-0.4, -0.2) is 42.1 Å². The quantitative estimate of drug-likeness (QED) is 0.606. The van der Waals surface area contributed by atoms with Crippen molar-refractivity contribution < 1.29 is 14.4 Å². The number of carbonyl (C=O) groups excluding carboxylic acids is 1. The number of carbonyl (C=O) groups is 1. The molecule has 6 nitrogen and oxygen atoms in total. The number of hydrogen-bond donors (Lipinski definition) is 0. The van der Waals surface area contributed by atoms with E-state index in [2.05, 4.69) is 16.3 Å². The normalized spacial score (nSPS) is 16.0. The van der Waals surface area contributed by atoms with Gasteiger partial charge < -0.3 is 9.57 Å². The Morgan fingerprint density at radius 1 is 1.22 bits per heavy atom. The number of amides is 1. The van der Waals surface area contributed by atoms with Crippen LogP contribution in [0.15, 0.2) is 58.8 Å². The second kappa shape index (κ2) is 7.61. The average Bonchev–Trinajstić information content (AvgIpc) is 3.37. The Hall–Kier alpha value is -3.15. The van der Waals surface area contributed by atoms with Gasteiger partial charge in [0.05, 0.1) is 24.6 Å². The molecule has 4 rings (SSSR count). The van der Waals surface area contributed by atoms with Crippen LogP contribution >= 0.6 is 0 Å². The van der Waals surface area contributed by atoms with Gasteiger partial charge in [0.25, 0.3) is 5.91 Å². The van der Waals surface area contributed by atoms with Crippen LogP contribution in [-0.2, 0) is 16.1 Å². The third-order valence-corrected chi connectivity index (χ3v) is 4.69. The fourth-order valence-electron chi connectivity index (χ4n) is 3.19. The first-order valence-electron chi connectivity index (χ1n) is 9.06. The standard InChI is InChI=1S/C21H21N3O3/c1-15(17-7-8-20-18(13-17)10-12-26-20)23-27-14-21(25)24-11-9-19(22-24)16-5-3-2-4-6-16/h2-8,13H,9-12,14H2,1H3. The number of hydrazone groups is 1. The van der Waals surface area contributed by atoms with Crippen molar-refractivity contribution in [2.75, 3.05) is 19.8 Å². The second-order valence-electron chi connectivity index (χ2n) is 6.55. The Balaban J connectivity index is 1.34. The van der Waals surface area contributed by atoms with Crippen molar-refractivity contribution in [3.8, 4) is 5.75 Å². The summed E-state index contributed by atoms with van der Waals surface area (Å²) in [7, 11) is 0. The fourth-order valence-corrected chi connectivity index (χ4v) is 3.19. The van der Waals surface area contributed by atoms with Crippen LogP contribution in [0.4, 0.5) is 0 Å². The van der Waals surface area contributed by atoms with Crippen LogP contribution < -0.4 is 4.74 Å². The molecule has 2 aromatic carbocycles. The minimum atomic E-state index is -0.195. The monoisotopic (exact) mass is 363 g/mol. The Morgan fingerprint density at radius 3 is 2.93 bits per heavy atom. The Bertz CT molecular complexity index is 906. The average molecular weight is 363 g/mol. The maximum atomic E-state index is 12.3. The van der Waals surface area contributed by atoms with Crippen LogP contribution in [0.25, 0.3) is 0 Å². The van der Waals surface area contributed by atoms with Crippen LogP contribution in [0.5, 0.6) is 5.75 Å². The third-order valence-electron chi connectivity index (χ3n) is 4.69. The van der Waals surface area contributed by atoms with Crippen molar-refractivity contribution in [3.63, 3.8) is 0 Å². The molecular weight excluding hydrogens is 342 g/mol. The highest BCUT2D eigenvalue weighted by atomic mass is 16.6. The molecule has 0 unspecified atom stereocenters. The number of fused-ring (bicyclic) bond motifs is 1. The maximum Gasteiger partial charge on any atom is 0.283 e. The van der Waals surface area contributed by atoms with Gasteiger partial charge in [-0.3, -0.25) is 4.79 Å². The lowest BCUT2D eigenvalue weighted by molar-refractivity contribution is -0.135. The highest BCUT2D eigenvalue weighted by molar-refractivity contribution is 6.02. The molecule has 0 saturated carbocycles. The van der Waals surface area contributed by atoms with E-state index in [-0.39, 0.29) is 12.5 Å². The predicted octanol–water partition coefficient (Wildman–Crippen LogP) is 3.00. The summed E-state index contributed by atoms with van der Waals surface area (Å²) in [6, 6.07) is 15.9. The van der Waals surface area contributed by atoms with Crippen molar-refractivity contribution in [1.29, 1.82) is 0 Å². The lowest BCUT2D eigenvalue weighted by Crippen LogP contribution is -2.27. The van der Waals surface area contributed by atoms with E-state index in [4.69, 9.17) is 9.57 Å². The molecule has 2 heterocycles. The molecule has 27 heavy (non-hydrogen) atoms. The first-order chi connectivity index (χ1) is 13.2.